The fourth-order valence-electron chi connectivity index (χ4n) is 2.05. The maximum Gasteiger partial charge on any atom is 0.191 e. The molecule has 1 aromatic carbocycles. The summed E-state index contributed by atoms with van der Waals surface area (Å²) in [5, 5.41) is 6.21. The number of benzene rings is 1. The summed E-state index contributed by atoms with van der Waals surface area (Å²) in [5.74, 6) is 1.02. The van der Waals surface area contributed by atoms with Crippen molar-refractivity contribution >= 4 is 29.9 Å². The summed E-state index contributed by atoms with van der Waals surface area (Å²) in [4.78, 5) is 4.43. The standard InChI is InChI=1S/C15H20FN3O2.HI/c1-3-5-18-15(17-4-2)19-8-11-6-13(16)7-12-9-20-10-21-14(11)12;/h3,6-7H,1,4-5,8-10H2,2H3,(H2,17,18,19);1H. The molecule has 0 unspecified atom stereocenters. The minimum atomic E-state index is -0.308. The van der Waals surface area contributed by atoms with Gasteiger partial charge in [-0.3, -0.25) is 0 Å². The Bertz CT molecular complexity index is 538. The average molecular weight is 421 g/mol. The zero-order valence-electron chi connectivity index (χ0n) is 12.5. The van der Waals surface area contributed by atoms with Gasteiger partial charge in [-0.25, -0.2) is 9.38 Å². The van der Waals surface area contributed by atoms with E-state index in [0.29, 0.717) is 37.0 Å². The van der Waals surface area contributed by atoms with E-state index in [-0.39, 0.29) is 36.6 Å². The molecule has 0 radical (unpaired) electrons. The van der Waals surface area contributed by atoms with Crippen LogP contribution >= 0.6 is 24.0 Å². The van der Waals surface area contributed by atoms with E-state index >= 15 is 0 Å². The number of halogens is 2. The van der Waals surface area contributed by atoms with Crippen molar-refractivity contribution in [3.8, 4) is 5.75 Å². The Hall–Kier alpha value is -1.35. The molecule has 0 saturated heterocycles. The van der Waals surface area contributed by atoms with Gasteiger partial charge in [-0.1, -0.05) is 6.08 Å². The molecule has 2 N–H and O–H groups in total. The van der Waals surface area contributed by atoms with Crippen LogP contribution in [0.3, 0.4) is 0 Å². The predicted molar refractivity (Wildman–Crippen MR) is 95.1 cm³/mol. The van der Waals surface area contributed by atoms with Crippen LogP contribution in [0.5, 0.6) is 5.75 Å². The van der Waals surface area contributed by atoms with Crippen molar-refractivity contribution < 1.29 is 13.9 Å². The maximum absolute atomic E-state index is 13.6. The highest BCUT2D eigenvalue weighted by atomic mass is 127. The molecular formula is C15H21FIN3O2. The van der Waals surface area contributed by atoms with E-state index in [4.69, 9.17) is 9.47 Å². The van der Waals surface area contributed by atoms with Gasteiger partial charge in [0, 0.05) is 24.2 Å². The predicted octanol–water partition coefficient (Wildman–Crippen LogP) is 2.55. The molecular weight excluding hydrogens is 400 g/mol. The summed E-state index contributed by atoms with van der Waals surface area (Å²) in [5.41, 5.74) is 1.43. The molecule has 2 rings (SSSR count). The highest BCUT2D eigenvalue weighted by Gasteiger charge is 2.16. The number of nitrogens with zero attached hydrogens (tertiary/aromatic N) is 1. The molecule has 1 aliphatic heterocycles. The summed E-state index contributed by atoms with van der Waals surface area (Å²) >= 11 is 0. The van der Waals surface area contributed by atoms with Gasteiger partial charge < -0.3 is 20.1 Å². The number of rotatable bonds is 5. The van der Waals surface area contributed by atoms with Crippen molar-refractivity contribution in [2.75, 3.05) is 19.9 Å². The van der Waals surface area contributed by atoms with Crippen LogP contribution in [-0.4, -0.2) is 25.8 Å². The Morgan fingerprint density at radius 2 is 2.27 bits per heavy atom. The van der Waals surface area contributed by atoms with Crippen LogP contribution in [0.15, 0.2) is 29.8 Å². The molecule has 0 spiro atoms. The van der Waals surface area contributed by atoms with Crippen molar-refractivity contribution in [3.63, 3.8) is 0 Å². The molecule has 1 aromatic rings. The Labute approximate surface area is 147 Å². The molecule has 0 saturated carbocycles. The normalized spacial score (nSPS) is 13.5. The Kier molecular flexibility index (Phi) is 8.18. The summed E-state index contributed by atoms with van der Waals surface area (Å²) < 4.78 is 24.3. The third kappa shape index (κ3) is 5.13. The lowest BCUT2D eigenvalue weighted by atomic mass is 10.1. The quantitative estimate of drug-likeness (QED) is 0.332. The van der Waals surface area contributed by atoms with Gasteiger partial charge in [-0.05, 0) is 19.1 Å². The second kappa shape index (κ2) is 9.62. The maximum atomic E-state index is 13.6. The molecule has 7 heteroatoms. The van der Waals surface area contributed by atoms with Crippen molar-refractivity contribution in [3.05, 3.63) is 41.7 Å². The Morgan fingerprint density at radius 3 is 3.00 bits per heavy atom. The third-order valence-corrected chi connectivity index (χ3v) is 2.92. The topological polar surface area (TPSA) is 54.9 Å². The van der Waals surface area contributed by atoms with Crippen LogP contribution in [-0.2, 0) is 17.9 Å². The lowest BCUT2D eigenvalue weighted by molar-refractivity contribution is -0.0172. The number of hydrogen-bond acceptors (Lipinski definition) is 3. The third-order valence-electron chi connectivity index (χ3n) is 2.92. The van der Waals surface area contributed by atoms with Crippen LogP contribution in [0, 0.1) is 5.82 Å². The fraction of sp³-hybridized carbons (Fsp3) is 0.400. The molecule has 122 valence electrons. The summed E-state index contributed by atoms with van der Waals surface area (Å²) in [6, 6.07) is 2.88. The first-order chi connectivity index (χ1) is 10.2. The van der Waals surface area contributed by atoms with E-state index in [1.807, 2.05) is 6.92 Å². The highest BCUT2D eigenvalue weighted by molar-refractivity contribution is 14.0. The van der Waals surface area contributed by atoms with Crippen LogP contribution < -0.4 is 15.4 Å². The SMILES string of the molecule is C=CCNC(=NCc1cc(F)cc2c1OCOC2)NCC.I. The number of ether oxygens (including phenoxy) is 2. The van der Waals surface area contributed by atoms with Gasteiger partial charge in [0.1, 0.15) is 11.6 Å². The van der Waals surface area contributed by atoms with Crippen LogP contribution in [0.4, 0.5) is 4.39 Å². The number of fused-ring (bicyclic) bond motifs is 1. The fourth-order valence-corrected chi connectivity index (χ4v) is 2.05. The molecule has 0 bridgehead atoms. The minimum Gasteiger partial charge on any atom is -0.467 e. The van der Waals surface area contributed by atoms with Gasteiger partial charge >= 0.3 is 0 Å². The van der Waals surface area contributed by atoms with Gasteiger partial charge in [-0.2, -0.15) is 0 Å². The second-order valence-electron chi connectivity index (χ2n) is 4.53. The second-order valence-corrected chi connectivity index (χ2v) is 4.53. The minimum absolute atomic E-state index is 0. The molecule has 22 heavy (non-hydrogen) atoms. The number of hydrogen-bond donors (Lipinski definition) is 2. The largest absolute Gasteiger partial charge is 0.467 e. The first-order valence-electron chi connectivity index (χ1n) is 6.89. The molecule has 0 atom stereocenters. The zero-order valence-corrected chi connectivity index (χ0v) is 14.9. The number of aliphatic imine (C=N–C) groups is 1. The van der Waals surface area contributed by atoms with Crippen molar-refractivity contribution in [2.24, 2.45) is 4.99 Å². The molecule has 0 aliphatic carbocycles. The molecule has 1 aliphatic rings. The molecule has 1 heterocycles. The van der Waals surface area contributed by atoms with E-state index in [0.717, 1.165) is 12.1 Å². The van der Waals surface area contributed by atoms with Gasteiger partial charge in [0.15, 0.2) is 12.8 Å². The van der Waals surface area contributed by atoms with Crippen LogP contribution in [0.25, 0.3) is 0 Å². The van der Waals surface area contributed by atoms with E-state index in [1.54, 1.807) is 6.08 Å². The highest BCUT2D eigenvalue weighted by Crippen LogP contribution is 2.29. The lowest BCUT2D eigenvalue weighted by Crippen LogP contribution is -2.37. The summed E-state index contributed by atoms with van der Waals surface area (Å²) in [7, 11) is 0. The van der Waals surface area contributed by atoms with Crippen molar-refractivity contribution in [1.29, 1.82) is 0 Å². The van der Waals surface area contributed by atoms with E-state index in [2.05, 4.69) is 22.2 Å². The zero-order chi connectivity index (χ0) is 15.1. The van der Waals surface area contributed by atoms with Gasteiger partial charge in [-0.15, -0.1) is 30.6 Å². The molecule has 5 nitrogen and oxygen atoms in total. The lowest BCUT2D eigenvalue weighted by Gasteiger charge is -2.20. The Morgan fingerprint density at radius 1 is 1.45 bits per heavy atom. The first kappa shape index (κ1) is 18.7. The molecule has 0 fully saturated rings. The first-order valence-corrected chi connectivity index (χ1v) is 6.89. The van der Waals surface area contributed by atoms with E-state index in [1.165, 1.54) is 12.1 Å². The molecule has 0 aromatic heterocycles. The monoisotopic (exact) mass is 421 g/mol. The summed E-state index contributed by atoms with van der Waals surface area (Å²) in [6.07, 6.45) is 1.75. The van der Waals surface area contributed by atoms with Crippen LogP contribution in [0.2, 0.25) is 0 Å². The van der Waals surface area contributed by atoms with E-state index < -0.39 is 0 Å². The molecule has 0 amide bonds. The van der Waals surface area contributed by atoms with Crippen molar-refractivity contribution in [1.82, 2.24) is 10.6 Å². The Balaban J connectivity index is 0.00000242. The van der Waals surface area contributed by atoms with E-state index in [9.17, 15) is 4.39 Å². The van der Waals surface area contributed by atoms with Crippen molar-refractivity contribution in [2.45, 2.75) is 20.1 Å². The average Bonchev–Trinajstić information content (AvgIpc) is 2.49. The number of guanidine groups is 1. The summed E-state index contributed by atoms with van der Waals surface area (Å²) in [6.45, 7) is 7.86. The smallest absolute Gasteiger partial charge is 0.191 e. The van der Waals surface area contributed by atoms with Gasteiger partial charge in [0.25, 0.3) is 0 Å². The van der Waals surface area contributed by atoms with Gasteiger partial charge in [0.2, 0.25) is 0 Å². The van der Waals surface area contributed by atoms with Gasteiger partial charge in [0.05, 0.1) is 13.2 Å². The number of nitrogens with one attached hydrogen (secondary N) is 2. The van der Waals surface area contributed by atoms with Crippen LogP contribution in [0.1, 0.15) is 18.1 Å².